The number of rotatable bonds is 6. The van der Waals surface area contributed by atoms with Crippen molar-refractivity contribution < 1.29 is 9.13 Å². The average molecular weight is 294 g/mol. The zero-order valence-corrected chi connectivity index (χ0v) is 13.3. The highest BCUT2D eigenvalue weighted by Crippen LogP contribution is 2.18. The van der Waals surface area contributed by atoms with Crippen molar-refractivity contribution in [2.45, 2.75) is 44.9 Å². The van der Waals surface area contributed by atoms with Gasteiger partial charge >= 0.3 is 0 Å². The fourth-order valence-corrected chi connectivity index (χ4v) is 2.91. The summed E-state index contributed by atoms with van der Waals surface area (Å²) in [5.74, 6) is -0.206. The molecule has 1 N–H and O–H groups in total. The Balaban J connectivity index is 1.80. The van der Waals surface area contributed by atoms with Crippen LogP contribution in [0.25, 0.3) is 0 Å². The van der Waals surface area contributed by atoms with E-state index in [0.717, 1.165) is 25.2 Å². The van der Waals surface area contributed by atoms with E-state index in [0.29, 0.717) is 12.1 Å². The molecular weight excluding hydrogens is 267 g/mol. The third-order valence-corrected chi connectivity index (χ3v) is 4.38. The second kappa shape index (κ2) is 7.87. The summed E-state index contributed by atoms with van der Waals surface area (Å²) >= 11 is 0. The minimum absolute atomic E-state index is 0.0197. The first kappa shape index (κ1) is 16.4. The van der Waals surface area contributed by atoms with E-state index in [9.17, 15) is 4.39 Å². The van der Waals surface area contributed by atoms with Crippen LogP contribution in [0, 0.1) is 5.82 Å². The minimum Gasteiger partial charge on any atom is -0.375 e. The quantitative estimate of drug-likeness (QED) is 0.873. The summed E-state index contributed by atoms with van der Waals surface area (Å²) in [5.41, 5.74) is 1.02. The Bertz CT molecular complexity index is 413. The standard InChI is InChI=1S/C17H27FN2O/c1-13(2)20-10-8-16(9-11-20)19-12-17(21-3)14-4-6-15(18)7-5-14/h4-7,13,16-17,19H,8-12H2,1-3H3/t17-/m1/s1. The highest BCUT2D eigenvalue weighted by molar-refractivity contribution is 5.19. The zero-order chi connectivity index (χ0) is 15.2. The fraction of sp³-hybridized carbons (Fsp3) is 0.647. The molecule has 0 amide bonds. The lowest BCUT2D eigenvalue weighted by atomic mass is 10.0. The van der Waals surface area contributed by atoms with Gasteiger partial charge in [0.25, 0.3) is 0 Å². The summed E-state index contributed by atoms with van der Waals surface area (Å²) in [4.78, 5) is 2.52. The van der Waals surface area contributed by atoms with E-state index < -0.39 is 0 Å². The van der Waals surface area contributed by atoms with Gasteiger partial charge in [-0.1, -0.05) is 12.1 Å². The number of likely N-dealkylation sites (tertiary alicyclic amines) is 1. The number of benzene rings is 1. The molecule has 0 spiro atoms. The van der Waals surface area contributed by atoms with Gasteiger partial charge in [-0.3, -0.25) is 0 Å². The molecule has 118 valence electrons. The average Bonchev–Trinajstić information content (AvgIpc) is 2.50. The van der Waals surface area contributed by atoms with Gasteiger partial charge in [0.1, 0.15) is 5.82 Å². The van der Waals surface area contributed by atoms with Crippen molar-refractivity contribution in [3.05, 3.63) is 35.6 Å². The van der Waals surface area contributed by atoms with Crippen molar-refractivity contribution in [2.75, 3.05) is 26.7 Å². The Kier molecular flexibility index (Phi) is 6.15. The van der Waals surface area contributed by atoms with E-state index >= 15 is 0 Å². The van der Waals surface area contributed by atoms with Crippen LogP contribution in [-0.2, 0) is 4.74 Å². The highest BCUT2D eigenvalue weighted by Gasteiger charge is 2.21. The van der Waals surface area contributed by atoms with Gasteiger partial charge in [-0.05, 0) is 57.5 Å². The maximum absolute atomic E-state index is 13.0. The molecule has 1 aliphatic rings. The molecule has 1 atom stereocenters. The topological polar surface area (TPSA) is 24.5 Å². The van der Waals surface area contributed by atoms with Crippen molar-refractivity contribution in [3.63, 3.8) is 0 Å². The third kappa shape index (κ3) is 4.77. The first-order valence-corrected chi connectivity index (χ1v) is 7.86. The van der Waals surface area contributed by atoms with Gasteiger partial charge in [0.05, 0.1) is 6.10 Å². The predicted octanol–water partition coefficient (Wildman–Crippen LogP) is 2.98. The van der Waals surface area contributed by atoms with Crippen LogP contribution in [0.2, 0.25) is 0 Å². The molecule has 1 aromatic rings. The summed E-state index contributed by atoms with van der Waals surface area (Å²) < 4.78 is 18.5. The van der Waals surface area contributed by atoms with Crippen LogP contribution in [0.3, 0.4) is 0 Å². The molecule has 1 fully saturated rings. The molecule has 0 aliphatic carbocycles. The molecule has 0 aromatic heterocycles. The molecule has 2 rings (SSSR count). The number of ether oxygens (including phenoxy) is 1. The lowest BCUT2D eigenvalue weighted by molar-refractivity contribution is 0.0921. The van der Waals surface area contributed by atoms with Gasteiger partial charge in [-0.2, -0.15) is 0 Å². The maximum Gasteiger partial charge on any atom is 0.123 e. The summed E-state index contributed by atoms with van der Waals surface area (Å²) in [6, 6.07) is 7.76. The van der Waals surface area contributed by atoms with Crippen LogP contribution in [0.15, 0.2) is 24.3 Å². The van der Waals surface area contributed by atoms with Crippen LogP contribution >= 0.6 is 0 Å². The number of methoxy groups -OCH3 is 1. The molecule has 1 saturated heterocycles. The normalized spacial score (nSPS) is 19.1. The summed E-state index contributed by atoms with van der Waals surface area (Å²) in [7, 11) is 1.71. The molecule has 4 heteroatoms. The zero-order valence-electron chi connectivity index (χ0n) is 13.3. The number of halogens is 1. The smallest absolute Gasteiger partial charge is 0.123 e. The van der Waals surface area contributed by atoms with Gasteiger partial charge in [0.2, 0.25) is 0 Å². The van der Waals surface area contributed by atoms with Crippen molar-refractivity contribution >= 4 is 0 Å². The van der Waals surface area contributed by atoms with Gasteiger partial charge in [-0.25, -0.2) is 4.39 Å². The van der Waals surface area contributed by atoms with Crippen LogP contribution < -0.4 is 5.32 Å². The molecule has 1 heterocycles. The Labute approximate surface area is 127 Å². The van der Waals surface area contributed by atoms with Gasteiger partial charge in [-0.15, -0.1) is 0 Å². The number of nitrogens with zero attached hydrogens (tertiary/aromatic N) is 1. The first-order chi connectivity index (χ1) is 10.1. The van der Waals surface area contributed by atoms with E-state index in [1.807, 2.05) is 0 Å². The Morgan fingerprint density at radius 2 is 1.86 bits per heavy atom. The Morgan fingerprint density at radius 1 is 1.24 bits per heavy atom. The van der Waals surface area contributed by atoms with Crippen LogP contribution in [0.1, 0.15) is 38.4 Å². The second-order valence-corrected chi connectivity index (χ2v) is 6.09. The van der Waals surface area contributed by atoms with Crippen molar-refractivity contribution in [2.24, 2.45) is 0 Å². The van der Waals surface area contributed by atoms with Crippen LogP contribution in [0.4, 0.5) is 4.39 Å². The largest absolute Gasteiger partial charge is 0.375 e. The van der Waals surface area contributed by atoms with Gasteiger partial charge < -0.3 is 15.0 Å². The lowest BCUT2D eigenvalue weighted by Gasteiger charge is -2.35. The molecule has 21 heavy (non-hydrogen) atoms. The van der Waals surface area contributed by atoms with E-state index in [4.69, 9.17) is 4.74 Å². The second-order valence-electron chi connectivity index (χ2n) is 6.09. The molecule has 0 saturated carbocycles. The molecule has 1 aliphatic heterocycles. The van der Waals surface area contributed by atoms with Crippen LogP contribution in [0.5, 0.6) is 0 Å². The third-order valence-electron chi connectivity index (χ3n) is 4.38. The monoisotopic (exact) mass is 294 g/mol. The summed E-state index contributed by atoms with van der Waals surface area (Å²) in [6.07, 6.45) is 2.34. The van der Waals surface area contributed by atoms with Crippen molar-refractivity contribution in [1.82, 2.24) is 10.2 Å². The first-order valence-electron chi connectivity index (χ1n) is 7.86. The molecule has 1 aromatic carbocycles. The van der Waals surface area contributed by atoms with E-state index in [1.54, 1.807) is 19.2 Å². The van der Waals surface area contributed by atoms with Gasteiger partial charge in [0, 0.05) is 25.7 Å². The number of nitrogens with one attached hydrogen (secondary N) is 1. The SMILES string of the molecule is CO[C@H](CNC1CCN(C(C)C)CC1)c1ccc(F)cc1. The fourth-order valence-electron chi connectivity index (χ4n) is 2.91. The predicted molar refractivity (Wildman–Crippen MR) is 83.9 cm³/mol. The Morgan fingerprint density at radius 3 is 2.38 bits per heavy atom. The van der Waals surface area contributed by atoms with Gasteiger partial charge in [0.15, 0.2) is 0 Å². The van der Waals surface area contributed by atoms with E-state index in [1.165, 1.54) is 25.0 Å². The Hall–Kier alpha value is -0.970. The summed E-state index contributed by atoms with van der Waals surface area (Å²) in [5, 5.41) is 3.60. The minimum atomic E-state index is -0.206. The summed E-state index contributed by atoms with van der Waals surface area (Å²) in [6.45, 7) is 7.59. The number of piperidine rings is 1. The molecule has 0 bridgehead atoms. The number of hydrogen-bond acceptors (Lipinski definition) is 3. The van der Waals surface area contributed by atoms with Crippen molar-refractivity contribution in [1.29, 1.82) is 0 Å². The molecule has 0 radical (unpaired) electrons. The molecular formula is C17H27FN2O. The molecule has 0 unspecified atom stereocenters. The lowest BCUT2D eigenvalue weighted by Crippen LogP contribution is -2.45. The van der Waals surface area contributed by atoms with E-state index in [-0.39, 0.29) is 11.9 Å². The molecule has 3 nitrogen and oxygen atoms in total. The van der Waals surface area contributed by atoms with E-state index in [2.05, 4.69) is 24.1 Å². The number of hydrogen-bond donors (Lipinski definition) is 1. The van der Waals surface area contributed by atoms with Crippen LogP contribution in [-0.4, -0.2) is 43.7 Å². The van der Waals surface area contributed by atoms with Crippen molar-refractivity contribution in [3.8, 4) is 0 Å². The maximum atomic E-state index is 13.0. The highest BCUT2D eigenvalue weighted by atomic mass is 19.1.